The number of nitrogens with zero attached hydrogens (tertiary/aromatic N) is 2. The Balaban J connectivity index is 2.00. The molecule has 0 aromatic heterocycles. The lowest BCUT2D eigenvalue weighted by Gasteiger charge is -2.31. The molecule has 0 heterocycles. The van der Waals surface area contributed by atoms with Gasteiger partial charge < -0.3 is 14.7 Å². The van der Waals surface area contributed by atoms with E-state index in [0.717, 1.165) is 31.4 Å². The number of aliphatic hydroxyl groups excluding tert-OH is 1. The molecule has 0 amide bonds. The Labute approximate surface area is 130 Å². The van der Waals surface area contributed by atoms with Crippen LogP contribution in [-0.2, 0) is 6.54 Å². The van der Waals surface area contributed by atoms with Gasteiger partial charge in [-0.15, -0.1) is 0 Å². The fourth-order valence-corrected chi connectivity index (χ4v) is 3.15. The van der Waals surface area contributed by atoms with Crippen LogP contribution in [0.4, 0.5) is 5.69 Å². The van der Waals surface area contributed by atoms with E-state index in [1.54, 1.807) is 12.1 Å². The Morgan fingerprint density at radius 1 is 1.41 bits per heavy atom. The zero-order chi connectivity index (χ0) is 16.1. The third-order valence-electron chi connectivity index (χ3n) is 4.31. The van der Waals surface area contributed by atoms with E-state index in [9.17, 15) is 15.2 Å². The first kappa shape index (κ1) is 16.7. The molecule has 122 valence electrons. The summed E-state index contributed by atoms with van der Waals surface area (Å²) in [6.07, 6.45) is 3.98. The molecule has 1 aliphatic carbocycles. The largest absolute Gasteiger partial charge is 0.490 e. The van der Waals surface area contributed by atoms with E-state index in [0.29, 0.717) is 12.5 Å². The van der Waals surface area contributed by atoms with Crippen molar-refractivity contribution >= 4 is 5.69 Å². The zero-order valence-electron chi connectivity index (χ0n) is 13.2. The van der Waals surface area contributed by atoms with Gasteiger partial charge in [0.1, 0.15) is 0 Å². The maximum absolute atomic E-state index is 11.1. The second-order valence-electron chi connectivity index (χ2n) is 6.07. The summed E-state index contributed by atoms with van der Waals surface area (Å²) < 4.78 is 5.01. The third-order valence-corrected chi connectivity index (χ3v) is 4.31. The van der Waals surface area contributed by atoms with Crippen LogP contribution in [-0.4, -0.2) is 41.7 Å². The van der Waals surface area contributed by atoms with Gasteiger partial charge >= 0.3 is 5.69 Å². The molecule has 0 spiro atoms. The first-order valence-electron chi connectivity index (χ1n) is 7.69. The molecule has 0 radical (unpaired) electrons. The Morgan fingerprint density at radius 2 is 2.14 bits per heavy atom. The van der Waals surface area contributed by atoms with Gasteiger partial charge in [0.2, 0.25) is 0 Å². The van der Waals surface area contributed by atoms with Crippen molar-refractivity contribution in [1.29, 1.82) is 0 Å². The summed E-state index contributed by atoms with van der Waals surface area (Å²) >= 11 is 0. The quantitative estimate of drug-likeness (QED) is 0.645. The van der Waals surface area contributed by atoms with Crippen molar-refractivity contribution < 1.29 is 14.8 Å². The summed E-state index contributed by atoms with van der Waals surface area (Å²) in [6, 6.07) is 5.04. The number of aliphatic hydroxyl groups is 1. The molecule has 2 atom stereocenters. The number of methoxy groups -OCH3 is 1. The zero-order valence-corrected chi connectivity index (χ0v) is 13.2. The van der Waals surface area contributed by atoms with Crippen molar-refractivity contribution in [3.8, 4) is 5.75 Å². The molecule has 1 aromatic carbocycles. The molecule has 0 saturated heterocycles. The minimum Gasteiger partial charge on any atom is -0.490 e. The van der Waals surface area contributed by atoms with Crippen molar-refractivity contribution in [3.63, 3.8) is 0 Å². The second kappa shape index (κ2) is 7.56. The van der Waals surface area contributed by atoms with Crippen molar-refractivity contribution in [2.75, 3.05) is 20.7 Å². The van der Waals surface area contributed by atoms with Gasteiger partial charge in [-0.1, -0.05) is 18.9 Å². The summed E-state index contributed by atoms with van der Waals surface area (Å²) in [5, 5.41) is 21.1. The molecule has 0 aliphatic heterocycles. The van der Waals surface area contributed by atoms with E-state index in [1.807, 2.05) is 13.1 Å². The van der Waals surface area contributed by atoms with Crippen LogP contribution in [0.25, 0.3) is 0 Å². The Hall–Kier alpha value is -1.66. The highest BCUT2D eigenvalue weighted by atomic mass is 16.6. The maximum Gasteiger partial charge on any atom is 0.311 e. The average Bonchev–Trinajstić information content (AvgIpc) is 2.49. The SMILES string of the molecule is COc1ccc(CN(C)CC2CCCCC2O)cc1[N+](=O)[O-]. The fourth-order valence-electron chi connectivity index (χ4n) is 3.15. The van der Waals surface area contributed by atoms with Crippen molar-refractivity contribution in [2.45, 2.75) is 38.3 Å². The van der Waals surface area contributed by atoms with Gasteiger partial charge in [-0.3, -0.25) is 10.1 Å². The van der Waals surface area contributed by atoms with Gasteiger partial charge in [0.05, 0.1) is 18.1 Å². The molecule has 2 unspecified atom stereocenters. The van der Waals surface area contributed by atoms with Gasteiger partial charge in [-0.05, 0) is 37.4 Å². The van der Waals surface area contributed by atoms with Gasteiger partial charge in [-0.25, -0.2) is 0 Å². The van der Waals surface area contributed by atoms with Crippen LogP contribution in [0.3, 0.4) is 0 Å². The highest BCUT2D eigenvalue weighted by molar-refractivity contribution is 5.48. The first-order chi connectivity index (χ1) is 10.5. The number of nitro benzene ring substituents is 1. The van der Waals surface area contributed by atoms with Gasteiger partial charge in [0.15, 0.2) is 5.75 Å². The average molecular weight is 308 g/mol. The summed E-state index contributed by atoms with van der Waals surface area (Å²) in [5.74, 6) is 0.575. The van der Waals surface area contributed by atoms with E-state index in [-0.39, 0.29) is 17.5 Å². The van der Waals surface area contributed by atoms with Gasteiger partial charge in [0, 0.05) is 19.2 Å². The predicted molar refractivity (Wildman–Crippen MR) is 83.9 cm³/mol. The molecular formula is C16H24N2O4. The van der Waals surface area contributed by atoms with E-state index < -0.39 is 4.92 Å². The maximum atomic E-state index is 11.1. The summed E-state index contributed by atoms with van der Waals surface area (Å²) in [4.78, 5) is 12.7. The molecular weight excluding hydrogens is 284 g/mol. The normalized spacial score (nSPS) is 21.8. The summed E-state index contributed by atoms with van der Waals surface area (Å²) in [7, 11) is 3.41. The van der Waals surface area contributed by atoms with E-state index in [2.05, 4.69) is 4.90 Å². The monoisotopic (exact) mass is 308 g/mol. The molecule has 1 aromatic rings. The Morgan fingerprint density at radius 3 is 2.77 bits per heavy atom. The Bertz CT molecular complexity index is 521. The Kier molecular flexibility index (Phi) is 5.74. The number of hydrogen-bond acceptors (Lipinski definition) is 5. The van der Waals surface area contributed by atoms with Crippen LogP contribution in [0.1, 0.15) is 31.2 Å². The molecule has 6 nitrogen and oxygen atoms in total. The lowest BCUT2D eigenvalue weighted by atomic mass is 9.86. The molecule has 1 fully saturated rings. The highest BCUT2D eigenvalue weighted by Gasteiger charge is 2.24. The number of nitro groups is 1. The molecule has 2 rings (SSSR count). The lowest BCUT2D eigenvalue weighted by molar-refractivity contribution is -0.385. The van der Waals surface area contributed by atoms with E-state index in [4.69, 9.17) is 4.74 Å². The molecule has 1 saturated carbocycles. The minimum absolute atomic E-state index is 0.00824. The van der Waals surface area contributed by atoms with Crippen LogP contribution >= 0.6 is 0 Å². The van der Waals surface area contributed by atoms with Crippen LogP contribution in [0.15, 0.2) is 18.2 Å². The topological polar surface area (TPSA) is 75.8 Å². The third kappa shape index (κ3) is 4.18. The smallest absolute Gasteiger partial charge is 0.311 e. The lowest BCUT2D eigenvalue weighted by Crippen LogP contribution is -2.34. The molecule has 1 N–H and O–H groups in total. The van der Waals surface area contributed by atoms with Crippen molar-refractivity contribution in [3.05, 3.63) is 33.9 Å². The van der Waals surface area contributed by atoms with Crippen molar-refractivity contribution in [1.82, 2.24) is 4.90 Å². The second-order valence-corrected chi connectivity index (χ2v) is 6.07. The molecule has 1 aliphatic rings. The first-order valence-corrected chi connectivity index (χ1v) is 7.69. The van der Waals surface area contributed by atoms with Crippen LogP contribution < -0.4 is 4.74 Å². The number of rotatable bonds is 6. The number of benzene rings is 1. The summed E-state index contributed by atoms with van der Waals surface area (Å²) in [6.45, 7) is 1.43. The molecule has 0 bridgehead atoms. The van der Waals surface area contributed by atoms with Crippen LogP contribution in [0.5, 0.6) is 5.75 Å². The fraction of sp³-hybridized carbons (Fsp3) is 0.625. The van der Waals surface area contributed by atoms with E-state index in [1.165, 1.54) is 13.5 Å². The van der Waals surface area contributed by atoms with Crippen LogP contribution in [0, 0.1) is 16.0 Å². The number of hydrogen-bond donors (Lipinski definition) is 1. The minimum atomic E-state index is -0.423. The van der Waals surface area contributed by atoms with E-state index >= 15 is 0 Å². The van der Waals surface area contributed by atoms with Gasteiger partial charge in [-0.2, -0.15) is 0 Å². The van der Waals surface area contributed by atoms with Crippen molar-refractivity contribution in [2.24, 2.45) is 5.92 Å². The number of ether oxygens (including phenoxy) is 1. The standard InChI is InChI=1S/C16H24N2O4/c1-17(11-13-5-3-4-6-15(13)19)10-12-7-8-16(22-2)14(9-12)18(20)21/h7-9,13,15,19H,3-6,10-11H2,1-2H3. The molecule has 6 heteroatoms. The molecule has 22 heavy (non-hydrogen) atoms. The predicted octanol–water partition coefficient (Wildman–Crippen LogP) is 2.59. The van der Waals surface area contributed by atoms with Gasteiger partial charge in [0.25, 0.3) is 0 Å². The highest BCUT2D eigenvalue weighted by Crippen LogP contribution is 2.29. The van der Waals surface area contributed by atoms with Crippen LogP contribution in [0.2, 0.25) is 0 Å². The summed E-state index contributed by atoms with van der Waals surface area (Å²) in [5.41, 5.74) is 0.867.